The Morgan fingerprint density at radius 1 is 0.974 bits per heavy atom. The summed E-state index contributed by atoms with van der Waals surface area (Å²) >= 11 is 2.21. The fourth-order valence-corrected chi connectivity index (χ4v) is 7.76. The lowest BCUT2D eigenvalue weighted by molar-refractivity contribution is -0.122. The van der Waals surface area contributed by atoms with E-state index in [1.165, 1.54) is 21.2 Å². The summed E-state index contributed by atoms with van der Waals surface area (Å²) < 4.78 is 1.41. The second-order valence-corrected chi connectivity index (χ2v) is 11.3. The Balaban J connectivity index is 1.40. The van der Waals surface area contributed by atoms with Crippen molar-refractivity contribution in [3.05, 3.63) is 105 Å². The number of benzene rings is 2. The lowest BCUT2D eigenvalue weighted by Gasteiger charge is -2.30. The number of imide groups is 1. The van der Waals surface area contributed by atoms with Gasteiger partial charge in [-0.05, 0) is 42.8 Å². The summed E-state index contributed by atoms with van der Waals surface area (Å²) in [6, 6.07) is 19.9. The molecule has 0 aliphatic carbocycles. The van der Waals surface area contributed by atoms with Gasteiger partial charge in [-0.25, -0.2) is 4.90 Å². The minimum atomic E-state index is -0.735. The molecular weight excluding hydrogens is 520 g/mol. The number of pyridine rings is 1. The number of rotatable bonds is 5. The maximum Gasteiger partial charge on any atom is 0.308 e. The van der Waals surface area contributed by atoms with Gasteiger partial charge in [-0.2, -0.15) is 0 Å². The number of thiazole rings is 1. The van der Waals surface area contributed by atoms with Crippen molar-refractivity contribution < 1.29 is 14.4 Å². The zero-order valence-corrected chi connectivity index (χ0v) is 21.9. The Labute approximate surface area is 226 Å². The summed E-state index contributed by atoms with van der Waals surface area (Å²) in [5.74, 6) is -2.21. The van der Waals surface area contributed by atoms with Gasteiger partial charge in [0.1, 0.15) is 11.8 Å². The van der Waals surface area contributed by atoms with Gasteiger partial charge in [-0.3, -0.25) is 28.7 Å². The van der Waals surface area contributed by atoms with Crippen molar-refractivity contribution >= 4 is 52.2 Å². The number of anilines is 2. The van der Waals surface area contributed by atoms with Crippen molar-refractivity contribution in [2.75, 3.05) is 10.2 Å². The molecule has 3 atom stereocenters. The lowest BCUT2D eigenvalue weighted by Crippen LogP contribution is -2.33. The van der Waals surface area contributed by atoms with Crippen LogP contribution in [0.15, 0.2) is 88.9 Å². The zero-order chi connectivity index (χ0) is 26.4. The fourth-order valence-electron chi connectivity index (χ4n) is 4.99. The predicted molar refractivity (Wildman–Crippen MR) is 147 cm³/mol. The van der Waals surface area contributed by atoms with Crippen LogP contribution in [0.2, 0.25) is 0 Å². The number of amides is 3. The second kappa shape index (κ2) is 9.70. The highest BCUT2D eigenvalue weighted by Crippen LogP contribution is 2.53. The molecule has 4 aromatic rings. The number of para-hydroxylation sites is 1. The van der Waals surface area contributed by atoms with Crippen LogP contribution in [0.1, 0.15) is 21.9 Å². The summed E-state index contributed by atoms with van der Waals surface area (Å²) in [6.45, 7) is 1.76. The Morgan fingerprint density at radius 2 is 1.74 bits per heavy atom. The summed E-state index contributed by atoms with van der Waals surface area (Å²) in [5, 5.41) is 2.64. The van der Waals surface area contributed by atoms with Gasteiger partial charge in [0.25, 0.3) is 0 Å². The van der Waals surface area contributed by atoms with Crippen LogP contribution in [0.3, 0.4) is 0 Å². The van der Waals surface area contributed by atoms with E-state index < -0.39 is 17.1 Å². The molecule has 3 unspecified atom stereocenters. The lowest BCUT2D eigenvalue weighted by atomic mass is 9.84. The van der Waals surface area contributed by atoms with E-state index in [0.29, 0.717) is 21.3 Å². The van der Waals surface area contributed by atoms with Crippen molar-refractivity contribution in [2.24, 2.45) is 5.92 Å². The first kappa shape index (κ1) is 24.3. The van der Waals surface area contributed by atoms with Crippen LogP contribution in [-0.4, -0.2) is 32.5 Å². The van der Waals surface area contributed by atoms with Gasteiger partial charge < -0.3 is 5.32 Å². The number of carbonyl (C=O) groups is 3. The van der Waals surface area contributed by atoms with Crippen LogP contribution in [0, 0.1) is 12.8 Å². The number of fused-ring (bicyclic) bond motifs is 2. The van der Waals surface area contributed by atoms with Gasteiger partial charge in [-0.15, -0.1) is 0 Å². The molecule has 1 saturated heterocycles. The first-order chi connectivity index (χ1) is 18.4. The largest absolute Gasteiger partial charge is 0.325 e. The zero-order valence-electron chi connectivity index (χ0n) is 20.2. The highest BCUT2D eigenvalue weighted by Gasteiger charge is 2.56. The molecule has 0 spiro atoms. The average molecular weight is 543 g/mol. The number of nitrogens with one attached hydrogen (secondary N) is 1. The average Bonchev–Trinajstić information content (AvgIpc) is 3.37. The third kappa shape index (κ3) is 4.15. The number of aromatic nitrogens is 2. The molecule has 10 heteroatoms. The summed E-state index contributed by atoms with van der Waals surface area (Å²) in [4.78, 5) is 59.4. The van der Waals surface area contributed by atoms with Crippen molar-refractivity contribution in [1.82, 2.24) is 9.55 Å². The predicted octanol–water partition coefficient (Wildman–Crippen LogP) is 4.05. The van der Waals surface area contributed by atoms with Gasteiger partial charge in [-0.1, -0.05) is 65.1 Å². The fraction of sp³-hybridized carbons (Fsp3) is 0.179. The van der Waals surface area contributed by atoms with Crippen molar-refractivity contribution in [3.63, 3.8) is 0 Å². The van der Waals surface area contributed by atoms with Gasteiger partial charge >= 0.3 is 4.87 Å². The highest BCUT2D eigenvalue weighted by molar-refractivity contribution is 8.00. The van der Waals surface area contributed by atoms with Crippen molar-refractivity contribution in [3.8, 4) is 0 Å². The molecule has 6 rings (SSSR count). The van der Waals surface area contributed by atoms with Crippen LogP contribution in [-0.2, 0) is 20.9 Å². The minimum Gasteiger partial charge on any atom is -0.325 e. The van der Waals surface area contributed by atoms with E-state index in [0.717, 1.165) is 22.5 Å². The number of nitrogens with zero attached hydrogens (tertiary/aromatic N) is 3. The van der Waals surface area contributed by atoms with Crippen LogP contribution >= 0.6 is 23.1 Å². The van der Waals surface area contributed by atoms with Crippen molar-refractivity contribution in [2.45, 2.75) is 29.7 Å². The van der Waals surface area contributed by atoms with Crippen LogP contribution in [0.4, 0.5) is 11.4 Å². The highest BCUT2D eigenvalue weighted by atomic mass is 32.2. The Bertz CT molecular complexity index is 1600. The Kier molecular flexibility index (Phi) is 6.21. The molecule has 1 N–H and O–H groups in total. The molecule has 0 saturated carbocycles. The molecule has 2 aromatic heterocycles. The molecule has 38 heavy (non-hydrogen) atoms. The van der Waals surface area contributed by atoms with E-state index in [1.807, 2.05) is 31.2 Å². The summed E-state index contributed by atoms with van der Waals surface area (Å²) in [6.07, 6.45) is 3.31. The number of aryl methyl sites for hydroxylation is 1. The standard InChI is InChI=1S/C28H22N4O4S2/c1-16-9-11-18(12-10-16)30-20(33)15-31-27-24(38-28(31)36)21(17-6-5-13-29-14-17)22-23(37-27)26(35)32(25(22)34)19-7-3-2-4-8-19/h2-14,21-23H,15H2,1H3,(H,30,33). The van der Waals surface area contributed by atoms with E-state index in [9.17, 15) is 19.2 Å². The maximum absolute atomic E-state index is 13.8. The minimum absolute atomic E-state index is 0.201. The van der Waals surface area contributed by atoms with E-state index in [1.54, 1.807) is 54.9 Å². The van der Waals surface area contributed by atoms with E-state index in [4.69, 9.17) is 0 Å². The van der Waals surface area contributed by atoms with E-state index in [2.05, 4.69) is 10.3 Å². The normalized spacial score (nSPS) is 20.2. The topological polar surface area (TPSA) is 101 Å². The second-order valence-electron chi connectivity index (χ2n) is 9.21. The molecule has 190 valence electrons. The summed E-state index contributed by atoms with van der Waals surface area (Å²) in [7, 11) is 0. The molecule has 0 bridgehead atoms. The van der Waals surface area contributed by atoms with Gasteiger partial charge in [0, 0.05) is 28.9 Å². The molecule has 2 aromatic carbocycles. The smallest absolute Gasteiger partial charge is 0.308 e. The van der Waals surface area contributed by atoms with Crippen LogP contribution in [0.25, 0.3) is 0 Å². The third-order valence-electron chi connectivity index (χ3n) is 6.74. The Morgan fingerprint density at radius 3 is 2.45 bits per heavy atom. The van der Waals surface area contributed by atoms with Crippen molar-refractivity contribution in [1.29, 1.82) is 0 Å². The molecule has 2 aliphatic heterocycles. The van der Waals surface area contributed by atoms with E-state index in [-0.39, 0.29) is 29.1 Å². The van der Waals surface area contributed by atoms with Crippen LogP contribution < -0.4 is 15.1 Å². The Hall–Kier alpha value is -4.02. The summed E-state index contributed by atoms with van der Waals surface area (Å²) in [5.41, 5.74) is 2.96. The third-order valence-corrected chi connectivity index (χ3v) is 9.35. The number of hydrogen-bond acceptors (Lipinski definition) is 7. The van der Waals surface area contributed by atoms with E-state index >= 15 is 0 Å². The number of hydrogen-bond donors (Lipinski definition) is 1. The molecule has 0 radical (unpaired) electrons. The quantitative estimate of drug-likeness (QED) is 0.382. The van der Waals surface area contributed by atoms with Gasteiger partial charge in [0.15, 0.2) is 0 Å². The molecule has 3 amide bonds. The molecule has 4 heterocycles. The molecular formula is C28H22N4O4S2. The molecule has 8 nitrogen and oxygen atoms in total. The number of thioether (sulfide) groups is 1. The van der Waals surface area contributed by atoms with Gasteiger partial charge in [0.05, 0.1) is 16.6 Å². The van der Waals surface area contributed by atoms with Gasteiger partial charge in [0.2, 0.25) is 17.7 Å². The first-order valence-corrected chi connectivity index (χ1v) is 13.7. The molecule has 1 fully saturated rings. The first-order valence-electron chi connectivity index (χ1n) is 12.0. The SMILES string of the molecule is Cc1ccc(NC(=O)Cn2c3c(sc2=O)C(c2cccnc2)C2C(=O)N(c4ccccc4)C(=O)C2S3)cc1. The molecule has 2 aliphatic rings. The number of carbonyl (C=O) groups excluding carboxylic acids is 3. The van der Waals surface area contributed by atoms with Crippen LogP contribution in [0.5, 0.6) is 0 Å². The maximum atomic E-state index is 13.8. The monoisotopic (exact) mass is 542 g/mol.